The van der Waals surface area contributed by atoms with Crippen LogP contribution in [0.1, 0.15) is 5.69 Å². The third-order valence-electron chi connectivity index (χ3n) is 1.17. The van der Waals surface area contributed by atoms with Crippen molar-refractivity contribution in [2.24, 2.45) is 7.05 Å². The summed E-state index contributed by atoms with van der Waals surface area (Å²) >= 11 is 0. The molecule has 66 valence electrons. The molecule has 1 rings (SSSR count). The van der Waals surface area contributed by atoms with E-state index in [9.17, 15) is 0 Å². The lowest BCUT2D eigenvalue weighted by atomic mass is 10.5. The second-order valence-electron chi connectivity index (χ2n) is 1.88. The van der Waals surface area contributed by atoms with Gasteiger partial charge in [0.15, 0.2) is 0 Å². The van der Waals surface area contributed by atoms with E-state index >= 15 is 0 Å². The number of aryl methyl sites for hydroxylation is 1. The zero-order valence-electron chi connectivity index (χ0n) is 6.44. The van der Waals surface area contributed by atoms with Crippen LogP contribution in [0.2, 0.25) is 0 Å². The van der Waals surface area contributed by atoms with Crippen molar-refractivity contribution < 1.29 is 0 Å². The van der Waals surface area contributed by atoms with Crippen LogP contribution in [0.15, 0.2) is 6.20 Å². The molecule has 0 amide bonds. The standard InChI is InChI=1S/C5H10N4.2ClH/c1-6-3-5-4-7-8-9(5)2;;/h4,6H,3H2,1-2H3;2*1H. The lowest BCUT2D eigenvalue weighted by molar-refractivity contribution is 0.651. The van der Waals surface area contributed by atoms with E-state index < -0.39 is 0 Å². The minimum absolute atomic E-state index is 0. The summed E-state index contributed by atoms with van der Waals surface area (Å²) in [5, 5.41) is 10.5. The average molecular weight is 199 g/mol. The summed E-state index contributed by atoms with van der Waals surface area (Å²) < 4.78 is 1.75. The van der Waals surface area contributed by atoms with E-state index in [1.165, 1.54) is 0 Å². The molecular formula is C5H12Cl2N4. The summed E-state index contributed by atoms with van der Waals surface area (Å²) in [4.78, 5) is 0. The molecule has 4 nitrogen and oxygen atoms in total. The Morgan fingerprint density at radius 3 is 2.55 bits per heavy atom. The quantitative estimate of drug-likeness (QED) is 0.748. The van der Waals surface area contributed by atoms with Crippen LogP contribution in [0, 0.1) is 0 Å². The van der Waals surface area contributed by atoms with Crippen LogP contribution in [0.25, 0.3) is 0 Å². The van der Waals surface area contributed by atoms with Gasteiger partial charge in [-0.1, -0.05) is 5.21 Å². The molecule has 0 fully saturated rings. The van der Waals surface area contributed by atoms with Gasteiger partial charge in [0.2, 0.25) is 0 Å². The molecule has 0 aliphatic rings. The smallest absolute Gasteiger partial charge is 0.0738 e. The van der Waals surface area contributed by atoms with Gasteiger partial charge < -0.3 is 5.32 Å². The zero-order valence-corrected chi connectivity index (χ0v) is 8.08. The highest BCUT2D eigenvalue weighted by Gasteiger charge is 1.94. The third kappa shape index (κ3) is 3.55. The summed E-state index contributed by atoms with van der Waals surface area (Å²) in [6.45, 7) is 0.823. The number of rotatable bonds is 2. The second-order valence-corrected chi connectivity index (χ2v) is 1.88. The van der Waals surface area contributed by atoms with Gasteiger partial charge in [0, 0.05) is 13.6 Å². The van der Waals surface area contributed by atoms with Gasteiger partial charge in [-0.05, 0) is 7.05 Å². The van der Waals surface area contributed by atoms with Crippen molar-refractivity contribution in [2.45, 2.75) is 6.54 Å². The van der Waals surface area contributed by atoms with Crippen molar-refractivity contribution in [3.8, 4) is 0 Å². The predicted molar refractivity (Wildman–Crippen MR) is 48.3 cm³/mol. The van der Waals surface area contributed by atoms with E-state index in [1.807, 2.05) is 14.1 Å². The molecule has 6 heteroatoms. The largest absolute Gasteiger partial charge is 0.314 e. The summed E-state index contributed by atoms with van der Waals surface area (Å²) in [6.07, 6.45) is 1.75. The summed E-state index contributed by atoms with van der Waals surface area (Å²) in [5.41, 5.74) is 1.09. The minimum Gasteiger partial charge on any atom is -0.314 e. The Kier molecular flexibility index (Phi) is 7.72. The molecule has 11 heavy (non-hydrogen) atoms. The molecule has 0 aliphatic heterocycles. The molecule has 1 aromatic rings. The fourth-order valence-electron chi connectivity index (χ4n) is 0.652. The predicted octanol–water partition coefficient (Wildman–Crippen LogP) is 0.378. The first kappa shape index (κ1) is 13.3. The summed E-state index contributed by atoms with van der Waals surface area (Å²) in [6, 6.07) is 0. The highest BCUT2D eigenvalue weighted by Crippen LogP contribution is 1.89. The van der Waals surface area contributed by atoms with Crippen LogP contribution in [0.3, 0.4) is 0 Å². The molecule has 0 saturated carbocycles. The minimum atomic E-state index is 0. The van der Waals surface area contributed by atoms with Gasteiger partial charge in [0.05, 0.1) is 11.9 Å². The Labute approximate surface area is 78.2 Å². The molecule has 0 bridgehead atoms. The maximum Gasteiger partial charge on any atom is 0.0738 e. The van der Waals surface area contributed by atoms with Crippen LogP contribution in [0.4, 0.5) is 0 Å². The second kappa shape index (κ2) is 6.39. The van der Waals surface area contributed by atoms with Crippen LogP contribution in [-0.4, -0.2) is 22.0 Å². The van der Waals surface area contributed by atoms with Crippen LogP contribution in [0.5, 0.6) is 0 Å². The molecule has 0 aromatic carbocycles. The Hall–Kier alpha value is -0.320. The Balaban J connectivity index is 0. The van der Waals surface area contributed by atoms with Gasteiger partial charge in [0.1, 0.15) is 0 Å². The monoisotopic (exact) mass is 198 g/mol. The average Bonchev–Trinajstić information content (AvgIpc) is 2.18. The number of hydrogen-bond donors (Lipinski definition) is 1. The molecule has 1 heterocycles. The molecule has 0 saturated heterocycles. The van der Waals surface area contributed by atoms with Gasteiger partial charge in [-0.3, -0.25) is 4.68 Å². The third-order valence-corrected chi connectivity index (χ3v) is 1.17. The maximum absolute atomic E-state index is 3.76. The molecule has 1 N–H and O–H groups in total. The van der Waals surface area contributed by atoms with Crippen molar-refractivity contribution in [1.29, 1.82) is 0 Å². The highest BCUT2D eigenvalue weighted by molar-refractivity contribution is 5.85. The van der Waals surface area contributed by atoms with E-state index in [0.29, 0.717) is 0 Å². The van der Waals surface area contributed by atoms with E-state index in [0.717, 1.165) is 12.2 Å². The maximum atomic E-state index is 3.76. The van der Waals surface area contributed by atoms with Crippen molar-refractivity contribution in [1.82, 2.24) is 20.3 Å². The number of nitrogens with one attached hydrogen (secondary N) is 1. The topological polar surface area (TPSA) is 42.7 Å². The fourth-order valence-corrected chi connectivity index (χ4v) is 0.652. The molecular weight excluding hydrogens is 187 g/mol. The van der Waals surface area contributed by atoms with E-state index in [-0.39, 0.29) is 24.8 Å². The first-order valence-corrected chi connectivity index (χ1v) is 2.82. The number of halogens is 2. The van der Waals surface area contributed by atoms with Gasteiger partial charge >= 0.3 is 0 Å². The van der Waals surface area contributed by atoms with Crippen LogP contribution < -0.4 is 5.32 Å². The Morgan fingerprint density at radius 1 is 1.55 bits per heavy atom. The zero-order chi connectivity index (χ0) is 6.69. The Bertz CT molecular complexity index is 188. The molecule has 0 unspecified atom stereocenters. The van der Waals surface area contributed by atoms with E-state index in [1.54, 1.807) is 10.9 Å². The molecule has 0 radical (unpaired) electrons. The molecule has 0 aliphatic carbocycles. The van der Waals surface area contributed by atoms with Crippen LogP contribution >= 0.6 is 24.8 Å². The van der Waals surface area contributed by atoms with Gasteiger partial charge in [-0.2, -0.15) is 0 Å². The first-order chi connectivity index (χ1) is 4.34. The van der Waals surface area contributed by atoms with E-state index in [2.05, 4.69) is 15.6 Å². The van der Waals surface area contributed by atoms with Crippen molar-refractivity contribution in [3.63, 3.8) is 0 Å². The summed E-state index contributed by atoms with van der Waals surface area (Å²) in [7, 11) is 3.77. The SMILES string of the molecule is CNCc1cnnn1C.Cl.Cl. The van der Waals surface area contributed by atoms with Crippen molar-refractivity contribution in [2.75, 3.05) is 7.05 Å². The number of nitrogens with zero attached hydrogens (tertiary/aromatic N) is 3. The van der Waals surface area contributed by atoms with Gasteiger partial charge in [0.25, 0.3) is 0 Å². The number of aromatic nitrogens is 3. The first-order valence-electron chi connectivity index (χ1n) is 2.82. The lowest BCUT2D eigenvalue weighted by Crippen LogP contribution is -2.09. The Morgan fingerprint density at radius 2 is 2.18 bits per heavy atom. The van der Waals surface area contributed by atoms with Gasteiger partial charge in [-0.15, -0.1) is 29.9 Å². The lowest BCUT2D eigenvalue weighted by Gasteiger charge is -1.95. The normalized spacial score (nSPS) is 8.18. The van der Waals surface area contributed by atoms with Crippen molar-refractivity contribution >= 4 is 24.8 Å². The highest BCUT2D eigenvalue weighted by atomic mass is 35.5. The molecule has 0 atom stereocenters. The van der Waals surface area contributed by atoms with Crippen molar-refractivity contribution in [3.05, 3.63) is 11.9 Å². The van der Waals surface area contributed by atoms with Gasteiger partial charge in [-0.25, -0.2) is 0 Å². The van der Waals surface area contributed by atoms with Crippen LogP contribution in [-0.2, 0) is 13.6 Å². The fraction of sp³-hybridized carbons (Fsp3) is 0.600. The molecule has 1 aromatic heterocycles. The molecule has 0 spiro atoms. The van der Waals surface area contributed by atoms with E-state index in [4.69, 9.17) is 0 Å². The summed E-state index contributed by atoms with van der Waals surface area (Å²) in [5.74, 6) is 0. The number of hydrogen-bond acceptors (Lipinski definition) is 3.